The van der Waals surface area contributed by atoms with Gasteiger partial charge in [-0.2, -0.15) is 0 Å². The van der Waals surface area contributed by atoms with Gasteiger partial charge in [0.2, 0.25) is 0 Å². The Morgan fingerprint density at radius 3 is 2.00 bits per heavy atom. The fourth-order valence-corrected chi connectivity index (χ4v) is 2.72. The van der Waals surface area contributed by atoms with Crippen molar-refractivity contribution in [2.75, 3.05) is 0 Å². The summed E-state index contributed by atoms with van der Waals surface area (Å²) in [7, 11) is 0. The van der Waals surface area contributed by atoms with E-state index in [-0.39, 0.29) is 11.5 Å². The molecule has 0 aromatic rings. The van der Waals surface area contributed by atoms with Gasteiger partial charge in [0.25, 0.3) is 0 Å². The van der Waals surface area contributed by atoms with Gasteiger partial charge in [0, 0.05) is 17.5 Å². The van der Waals surface area contributed by atoms with Crippen molar-refractivity contribution < 1.29 is 4.79 Å². The van der Waals surface area contributed by atoms with Crippen molar-refractivity contribution in [3.8, 4) is 0 Å². The Hall–Kier alpha value is -0.370. The predicted molar refractivity (Wildman–Crippen MR) is 70.6 cm³/mol. The van der Waals surface area contributed by atoms with Crippen LogP contribution in [0, 0.1) is 11.3 Å². The normalized spacial score (nSPS) is 16.9. The van der Waals surface area contributed by atoms with Crippen molar-refractivity contribution in [1.29, 1.82) is 0 Å². The lowest BCUT2D eigenvalue weighted by atomic mass is 9.81. The Kier molecular flexibility index (Phi) is 5.67. The van der Waals surface area contributed by atoms with Crippen LogP contribution in [0.25, 0.3) is 0 Å². The first-order chi connectivity index (χ1) is 7.06. The third-order valence-corrected chi connectivity index (χ3v) is 2.57. The lowest BCUT2D eigenvalue weighted by Gasteiger charge is -2.36. The molecule has 2 heteroatoms. The fraction of sp³-hybridized carbons (Fsp3) is 0.929. The van der Waals surface area contributed by atoms with Gasteiger partial charge in [-0.05, 0) is 39.0 Å². The van der Waals surface area contributed by atoms with Crippen LogP contribution in [0.2, 0.25) is 0 Å². The van der Waals surface area contributed by atoms with Crippen LogP contribution < -0.4 is 5.32 Å². The van der Waals surface area contributed by atoms with E-state index in [1.54, 1.807) is 0 Å². The van der Waals surface area contributed by atoms with E-state index in [0.29, 0.717) is 11.5 Å². The van der Waals surface area contributed by atoms with Crippen molar-refractivity contribution in [2.24, 2.45) is 11.3 Å². The highest BCUT2D eigenvalue weighted by Crippen LogP contribution is 2.27. The highest BCUT2D eigenvalue weighted by Gasteiger charge is 2.26. The third-order valence-electron chi connectivity index (χ3n) is 2.57. The van der Waals surface area contributed by atoms with Crippen LogP contribution >= 0.6 is 0 Å². The second-order valence-electron chi connectivity index (χ2n) is 7.02. The summed E-state index contributed by atoms with van der Waals surface area (Å²) < 4.78 is 0. The number of rotatable bonds is 6. The Balaban J connectivity index is 4.19. The van der Waals surface area contributed by atoms with Gasteiger partial charge in [0.15, 0.2) is 0 Å². The molecule has 0 aliphatic heterocycles. The van der Waals surface area contributed by atoms with Gasteiger partial charge in [0.05, 0.1) is 0 Å². The van der Waals surface area contributed by atoms with Crippen molar-refractivity contribution in [3.05, 3.63) is 0 Å². The zero-order valence-corrected chi connectivity index (χ0v) is 12.1. The molecular formula is C14H29NO. The summed E-state index contributed by atoms with van der Waals surface area (Å²) in [6.07, 6.45) is 3.08. The molecule has 0 spiro atoms. The Labute approximate surface area is 101 Å². The summed E-state index contributed by atoms with van der Waals surface area (Å²) >= 11 is 0. The maximum absolute atomic E-state index is 10.6. The SMILES string of the molecule is CC(C=O)CC(C)NC(C)(C)CC(C)(C)C. The van der Waals surface area contributed by atoms with E-state index in [4.69, 9.17) is 0 Å². The highest BCUT2D eigenvalue weighted by molar-refractivity contribution is 5.52. The molecule has 0 rings (SSSR count). The van der Waals surface area contributed by atoms with Gasteiger partial charge in [-0.15, -0.1) is 0 Å². The van der Waals surface area contributed by atoms with Crippen LogP contribution in [0.4, 0.5) is 0 Å². The molecule has 0 radical (unpaired) electrons. The summed E-state index contributed by atoms with van der Waals surface area (Å²) in [5.74, 6) is 0.146. The zero-order valence-electron chi connectivity index (χ0n) is 12.1. The van der Waals surface area contributed by atoms with Crippen LogP contribution in [-0.2, 0) is 4.79 Å². The molecule has 16 heavy (non-hydrogen) atoms. The molecule has 0 amide bonds. The van der Waals surface area contributed by atoms with Crippen molar-refractivity contribution in [1.82, 2.24) is 5.32 Å². The molecule has 0 aliphatic rings. The molecular weight excluding hydrogens is 198 g/mol. The molecule has 0 saturated carbocycles. The molecule has 2 nitrogen and oxygen atoms in total. The summed E-state index contributed by atoms with van der Waals surface area (Å²) in [5.41, 5.74) is 0.451. The topological polar surface area (TPSA) is 29.1 Å². The predicted octanol–water partition coefficient (Wildman–Crippen LogP) is 3.40. The average molecular weight is 227 g/mol. The quantitative estimate of drug-likeness (QED) is 0.705. The Morgan fingerprint density at radius 1 is 1.12 bits per heavy atom. The molecule has 0 bridgehead atoms. The molecule has 0 aromatic heterocycles. The summed E-state index contributed by atoms with van der Waals surface area (Å²) in [4.78, 5) is 10.6. The van der Waals surface area contributed by atoms with Crippen LogP contribution in [-0.4, -0.2) is 17.9 Å². The van der Waals surface area contributed by atoms with Crippen LogP contribution in [0.3, 0.4) is 0 Å². The first-order valence-corrected chi connectivity index (χ1v) is 6.29. The van der Waals surface area contributed by atoms with Crippen molar-refractivity contribution >= 4 is 6.29 Å². The van der Waals surface area contributed by atoms with Gasteiger partial charge < -0.3 is 10.1 Å². The molecule has 2 unspecified atom stereocenters. The molecule has 96 valence electrons. The number of hydrogen-bond acceptors (Lipinski definition) is 2. The third kappa shape index (κ3) is 7.86. The van der Waals surface area contributed by atoms with Crippen molar-refractivity contribution in [2.45, 2.75) is 72.9 Å². The first-order valence-electron chi connectivity index (χ1n) is 6.29. The minimum absolute atomic E-state index is 0.125. The molecule has 0 aliphatic carbocycles. The molecule has 2 atom stereocenters. The average Bonchev–Trinajstić information content (AvgIpc) is 1.97. The Bertz CT molecular complexity index is 215. The van der Waals surface area contributed by atoms with E-state index in [0.717, 1.165) is 19.1 Å². The number of carbonyl (C=O) groups excluding carboxylic acids is 1. The lowest BCUT2D eigenvalue weighted by molar-refractivity contribution is -0.111. The molecule has 0 fully saturated rings. The van der Waals surface area contributed by atoms with E-state index in [2.05, 4.69) is 46.9 Å². The first kappa shape index (κ1) is 15.6. The maximum atomic E-state index is 10.6. The van der Waals surface area contributed by atoms with Gasteiger partial charge >= 0.3 is 0 Å². The van der Waals surface area contributed by atoms with E-state index < -0.39 is 0 Å². The minimum atomic E-state index is 0.125. The highest BCUT2D eigenvalue weighted by atomic mass is 16.1. The lowest BCUT2D eigenvalue weighted by Crippen LogP contribution is -2.47. The number of carbonyl (C=O) groups is 1. The summed E-state index contributed by atoms with van der Waals surface area (Å²) in [5, 5.41) is 3.62. The number of nitrogens with one attached hydrogen (secondary N) is 1. The van der Waals surface area contributed by atoms with Gasteiger partial charge in [-0.3, -0.25) is 0 Å². The smallest absolute Gasteiger partial charge is 0.122 e. The van der Waals surface area contributed by atoms with E-state index in [9.17, 15) is 4.79 Å². The molecule has 0 heterocycles. The van der Waals surface area contributed by atoms with Gasteiger partial charge in [-0.1, -0.05) is 27.7 Å². The maximum Gasteiger partial charge on any atom is 0.122 e. The number of aldehydes is 1. The van der Waals surface area contributed by atoms with Crippen molar-refractivity contribution in [3.63, 3.8) is 0 Å². The van der Waals surface area contributed by atoms with Crippen LogP contribution in [0.1, 0.15) is 61.3 Å². The molecule has 0 aromatic carbocycles. The largest absolute Gasteiger partial charge is 0.309 e. The molecule has 0 saturated heterocycles. The second kappa shape index (κ2) is 5.81. The fourth-order valence-electron chi connectivity index (χ4n) is 2.72. The van der Waals surface area contributed by atoms with Crippen LogP contribution in [0.5, 0.6) is 0 Å². The van der Waals surface area contributed by atoms with Gasteiger partial charge in [-0.25, -0.2) is 0 Å². The minimum Gasteiger partial charge on any atom is -0.309 e. The van der Waals surface area contributed by atoms with E-state index in [1.807, 2.05) is 6.92 Å². The summed E-state index contributed by atoms with van der Waals surface area (Å²) in [6.45, 7) is 15.4. The molecule has 1 N–H and O–H groups in total. The van der Waals surface area contributed by atoms with Crippen LogP contribution in [0.15, 0.2) is 0 Å². The van der Waals surface area contributed by atoms with E-state index in [1.165, 1.54) is 0 Å². The Morgan fingerprint density at radius 2 is 1.62 bits per heavy atom. The number of hydrogen-bond donors (Lipinski definition) is 1. The van der Waals surface area contributed by atoms with E-state index >= 15 is 0 Å². The van der Waals surface area contributed by atoms with Gasteiger partial charge in [0.1, 0.15) is 6.29 Å². The monoisotopic (exact) mass is 227 g/mol. The zero-order chi connectivity index (χ0) is 13.0. The standard InChI is InChI=1S/C14H29NO/c1-11(9-16)8-12(2)15-14(6,7)10-13(3,4)5/h9,11-12,15H,8,10H2,1-7H3. The summed E-state index contributed by atoms with van der Waals surface area (Å²) in [6, 6.07) is 0.387. The second-order valence-corrected chi connectivity index (χ2v) is 7.02.